The van der Waals surface area contributed by atoms with E-state index in [0.717, 1.165) is 67.3 Å². The lowest BCUT2D eigenvalue weighted by Gasteiger charge is -2.37. The van der Waals surface area contributed by atoms with E-state index >= 15 is 0 Å². The average molecular weight is 603 g/mol. The molecule has 0 radical (unpaired) electrons. The van der Waals surface area contributed by atoms with Crippen LogP contribution in [-0.4, -0.2) is 87.4 Å². The number of halogens is 1. The number of likely N-dealkylation sites (N-methyl/N-ethyl adjacent to an activating group) is 1. The van der Waals surface area contributed by atoms with E-state index in [0.29, 0.717) is 34.8 Å². The van der Waals surface area contributed by atoms with Gasteiger partial charge in [-0.05, 0) is 86.6 Å². The summed E-state index contributed by atoms with van der Waals surface area (Å²) in [5, 5.41) is 9.55. The van der Waals surface area contributed by atoms with Gasteiger partial charge in [0.15, 0.2) is 0 Å². The van der Waals surface area contributed by atoms with Crippen LogP contribution in [0.1, 0.15) is 37.4 Å². The second-order valence-electron chi connectivity index (χ2n) is 11.5. The zero-order valence-electron chi connectivity index (χ0n) is 25.0. The molecule has 0 spiro atoms. The molecule has 2 aliphatic heterocycles. The largest absolute Gasteiger partial charge is 0.367 e. The van der Waals surface area contributed by atoms with E-state index in [1.165, 1.54) is 0 Å². The number of hydrogen-bond donors (Lipinski definition) is 3. The zero-order valence-corrected chi connectivity index (χ0v) is 25.8. The fourth-order valence-corrected chi connectivity index (χ4v) is 5.77. The molecule has 9 nitrogen and oxygen atoms in total. The first-order valence-corrected chi connectivity index (χ1v) is 15.1. The fourth-order valence-electron chi connectivity index (χ4n) is 5.44. The van der Waals surface area contributed by atoms with Crippen molar-refractivity contribution in [3.8, 4) is 0 Å². The molecule has 1 saturated heterocycles. The van der Waals surface area contributed by atoms with Gasteiger partial charge in [0, 0.05) is 67.7 Å². The van der Waals surface area contributed by atoms with Gasteiger partial charge in [0.2, 0.25) is 5.91 Å². The van der Waals surface area contributed by atoms with Crippen LogP contribution in [0.3, 0.4) is 0 Å². The molecule has 43 heavy (non-hydrogen) atoms. The first kappa shape index (κ1) is 30.5. The standard InChI is InChI=1S/C33H39ClN6O3/c1-22-4-5-23(27(34)18-22)10-11-35-32(42)25-7-9-30(40-16-14-39(15-17-40)13-12-38(2)3)29(20-25)37-33(43)24-6-8-28-26(19-24)21-31(41)36-28/h4-9,18-20H,10-17,21H2,1-3H3,(H,35,42)(H,36,41)(H,37,43). The van der Waals surface area contributed by atoms with Crippen LogP contribution in [-0.2, 0) is 17.6 Å². The maximum absolute atomic E-state index is 13.4. The van der Waals surface area contributed by atoms with E-state index in [2.05, 4.69) is 44.7 Å². The van der Waals surface area contributed by atoms with Crippen molar-refractivity contribution in [2.75, 3.05) is 75.4 Å². The second-order valence-corrected chi connectivity index (χ2v) is 11.9. The average Bonchev–Trinajstić information content (AvgIpc) is 3.36. The number of amides is 3. The molecule has 1 fully saturated rings. The van der Waals surface area contributed by atoms with Crippen LogP contribution < -0.4 is 20.9 Å². The minimum Gasteiger partial charge on any atom is -0.367 e. The van der Waals surface area contributed by atoms with E-state index < -0.39 is 0 Å². The number of rotatable bonds is 10. The van der Waals surface area contributed by atoms with Crippen molar-refractivity contribution in [1.29, 1.82) is 0 Å². The normalized spacial score (nSPS) is 14.9. The minimum atomic E-state index is -0.292. The summed E-state index contributed by atoms with van der Waals surface area (Å²) in [4.78, 5) is 45.3. The molecule has 0 saturated carbocycles. The number of carbonyl (C=O) groups is 3. The van der Waals surface area contributed by atoms with Crippen LogP contribution in [0.25, 0.3) is 0 Å². The third-order valence-corrected chi connectivity index (χ3v) is 8.32. The molecule has 5 rings (SSSR count). The number of anilines is 3. The molecule has 3 aromatic rings. The van der Waals surface area contributed by atoms with Crippen LogP contribution in [0, 0.1) is 6.92 Å². The second kappa shape index (κ2) is 13.6. The van der Waals surface area contributed by atoms with Gasteiger partial charge in [0.25, 0.3) is 11.8 Å². The summed E-state index contributed by atoms with van der Waals surface area (Å²) in [7, 11) is 4.16. The number of piperazine rings is 1. The Hall–Kier alpha value is -3.92. The van der Waals surface area contributed by atoms with E-state index in [9.17, 15) is 14.4 Å². The summed E-state index contributed by atoms with van der Waals surface area (Å²) in [5.41, 5.74) is 5.98. The molecule has 3 amide bonds. The van der Waals surface area contributed by atoms with Gasteiger partial charge in [-0.15, -0.1) is 0 Å². The van der Waals surface area contributed by atoms with Crippen molar-refractivity contribution in [2.45, 2.75) is 19.8 Å². The van der Waals surface area contributed by atoms with Gasteiger partial charge < -0.3 is 25.8 Å². The molecule has 0 bridgehead atoms. The number of nitrogens with one attached hydrogen (secondary N) is 3. The van der Waals surface area contributed by atoms with Crippen LogP contribution >= 0.6 is 11.6 Å². The molecule has 0 unspecified atom stereocenters. The number of nitrogens with zero attached hydrogens (tertiary/aromatic N) is 3. The Morgan fingerprint density at radius 1 is 0.953 bits per heavy atom. The van der Waals surface area contributed by atoms with Crippen LogP contribution in [0.15, 0.2) is 54.6 Å². The topological polar surface area (TPSA) is 97.0 Å². The van der Waals surface area contributed by atoms with Crippen LogP contribution in [0.2, 0.25) is 5.02 Å². The van der Waals surface area contributed by atoms with Gasteiger partial charge in [-0.1, -0.05) is 23.7 Å². The summed E-state index contributed by atoms with van der Waals surface area (Å²) in [6, 6.07) is 16.6. The molecular weight excluding hydrogens is 564 g/mol. The number of hydrogen-bond acceptors (Lipinski definition) is 6. The van der Waals surface area contributed by atoms with E-state index in [-0.39, 0.29) is 24.1 Å². The summed E-state index contributed by atoms with van der Waals surface area (Å²) in [5.74, 6) is -0.594. The third kappa shape index (κ3) is 7.73. The Bertz CT molecular complexity index is 1520. The monoisotopic (exact) mass is 602 g/mol. The van der Waals surface area contributed by atoms with Gasteiger partial charge in [0.1, 0.15) is 0 Å². The smallest absolute Gasteiger partial charge is 0.255 e. The van der Waals surface area contributed by atoms with E-state index in [1.54, 1.807) is 24.3 Å². The van der Waals surface area contributed by atoms with Crippen molar-refractivity contribution >= 4 is 46.4 Å². The van der Waals surface area contributed by atoms with Gasteiger partial charge in [-0.25, -0.2) is 0 Å². The lowest BCUT2D eigenvalue weighted by atomic mass is 10.1. The van der Waals surface area contributed by atoms with Crippen molar-refractivity contribution in [3.05, 3.63) is 87.4 Å². The number of carbonyl (C=O) groups excluding carboxylic acids is 3. The highest BCUT2D eigenvalue weighted by molar-refractivity contribution is 6.31. The molecule has 2 heterocycles. The van der Waals surface area contributed by atoms with Crippen molar-refractivity contribution in [3.63, 3.8) is 0 Å². The molecular formula is C33H39ClN6O3. The molecule has 3 aromatic carbocycles. The Balaban J connectivity index is 1.32. The minimum absolute atomic E-state index is 0.0806. The quantitative estimate of drug-likeness (QED) is 0.324. The van der Waals surface area contributed by atoms with Crippen LogP contribution in [0.5, 0.6) is 0 Å². The predicted octanol–water partition coefficient (Wildman–Crippen LogP) is 4.05. The highest BCUT2D eigenvalue weighted by Crippen LogP contribution is 2.30. The van der Waals surface area contributed by atoms with Gasteiger partial charge in [-0.2, -0.15) is 0 Å². The van der Waals surface area contributed by atoms with Crippen LogP contribution in [0.4, 0.5) is 17.1 Å². The maximum Gasteiger partial charge on any atom is 0.255 e. The van der Waals surface area contributed by atoms with Gasteiger partial charge >= 0.3 is 0 Å². The predicted molar refractivity (Wildman–Crippen MR) is 173 cm³/mol. The lowest BCUT2D eigenvalue weighted by molar-refractivity contribution is -0.115. The first-order chi connectivity index (χ1) is 20.7. The van der Waals surface area contributed by atoms with Crippen molar-refractivity contribution < 1.29 is 14.4 Å². The Kier molecular flexibility index (Phi) is 9.65. The lowest BCUT2D eigenvalue weighted by Crippen LogP contribution is -2.48. The zero-order chi connectivity index (χ0) is 30.5. The highest BCUT2D eigenvalue weighted by atomic mass is 35.5. The Morgan fingerprint density at radius 2 is 1.70 bits per heavy atom. The first-order valence-electron chi connectivity index (χ1n) is 14.7. The Morgan fingerprint density at radius 3 is 2.44 bits per heavy atom. The molecule has 0 aliphatic carbocycles. The molecule has 2 aliphatic rings. The van der Waals surface area contributed by atoms with Crippen molar-refractivity contribution in [1.82, 2.24) is 15.1 Å². The number of benzene rings is 3. The maximum atomic E-state index is 13.4. The molecule has 0 aromatic heterocycles. The SMILES string of the molecule is Cc1ccc(CCNC(=O)c2ccc(N3CCN(CCN(C)C)CC3)c(NC(=O)c3ccc4c(c3)CC(=O)N4)c2)c(Cl)c1. The molecule has 226 valence electrons. The molecule has 3 N–H and O–H groups in total. The van der Waals surface area contributed by atoms with E-state index in [1.807, 2.05) is 37.3 Å². The molecule has 10 heteroatoms. The van der Waals surface area contributed by atoms with Gasteiger partial charge in [0.05, 0.1) is 17.8 Å². The Labute approximate surface area is 258 Å². The van der Waals surface area contributed by atoms with Gasteiger partial charge in [-0.3, -0.25) is 19.3 Å². The summed E-state index contributed by atoms with van der Waals surface area (Å²) in [6.07, 6.45) is 0.865. The summed E-state index contributed by atoms with van der Waals surface area (Å²) >= 11 is 6.37. The summed E-state index contributed by atoms with van der Waals surface area (Å²) in [6.45, 7) is 7.88. The summed E-state index contributed by atoms with van der Waals surface area (Å²) < 4.78 is 0. The highest BCUT2D eigenvalue weighted by Gasteiger charge is 2.23. The molecule has 0 atom stereocenters. The fraction of sp³-hybridized carbons (Fsp3) is 0.364. The van der Waals surface area contributed by atoms with E-state index in [4.69, 9.17) is 11.6 Å². The number of aryl methyl sites for hydroxylation is 1. The third-order valence-electron chi connectivity index (χ3n) is 7.96. The van der Waals surface area contributed by atoms with Crippen molar-refractivity contribution in [2.24, 2.45) is 0 Å². The number of fused-ring (bicyclic) bond motifs is 1.